The number of benzene rings is 3. The number of carbonyl (C=O) groups is 1. The number of hydrogen-bond donors (Lipinski definition) is 1. The van der Waals surface area contributed by atoms with E-state index in [9.17, 15) is 10.1 Å². The summed E-state index contributed by atoms with van der Waals surface area (Å²) in [5, 5.41) is 12.7. The Hall–Kier alpha value is -3.75. The molecule has 0 heterocycles. The zero-order valence-electron chi connectivity index (χ0n) is 16.3. The lowest BCUT2D eigenvalue weighted by Crippen LogP contribution is -2.13. The van der Waals surface area contributed by atoms with E-state index in [0.717, 1.165) is 5.56 Å². The SMILES string of the molecule is COc1ccc(NC(=O)/C(C#N)=C\c2ccc(OCc3cccc(Cl)c3)cc2)cc1. The predicted molar refractivity (Wildman–Crippen MR) is 117 cm³/mol. The summed E-state index contributed by atoms with van der Waals surface area (Å²) in [5.74, 6) is 0.874. The van der Waals surface area contributed by atoms with Crippen LogP contribution in [0.25, 0.3) is 6.08 Å². The molecule has 0 radical (unpaired) electrons. The van der Waals surface area contributed by atoms with E-state index < -0.39 is 5.91 Å². The van der Waals surface area contributed by atoms with Crippen LogP contribution in [0.5, 0.6) is 11.5 Å². The van der Waals surface area contributed by atoms with Gasteiger partial charge in [0.05, 0.1) is 7.11 Å². The van der Waals surface area contributed by atoms with Crippen molar-refractivity contribution >= 4 is 29.3 Å². The van der Waals surface area contributed by atoms with Crippen molar-refractivity contribution in [2.45, 2.75) is 6.61 Å². The summed E-state index contributed by atoms with van der Waals surface area (Å²) in [5.41, 5.74) is 2.25. The number of nitrogens with zero attached hydrogens (tertiary/aromatic N) is 1. The van der Waals surface area contributed by atoms with Crippen molar-refractivity contribution in [1.29, 1.82) is 5.26 Å². The van der Waals surface area contributed by atoms with Crippen LogP contribution in [-0.2, 0) is 11.4 Å². The molecule has 0 atom stereocenters. The highest BCUT2D eigenvalue weighted by atomic mass is 35.5. The molecule has 150 valence electrons. The minimum Gasteiger partial charge on any atom is -0.497 e. The number of anilines is 1. The third kappa shape index (κ3) is 5.87. The van der Waals surface area contributed by atoms with Gasteiger partial charge in [-0.2, -0.15) is 5.26 Å². The number of methoxy groups -OCH3 is 1. The third-order valence-corrected chi connectivity index (χ3v) is 4.43. The fraction of sp³-hybridized carbons (Fsp3) is 0.0833. The van der Waals surface area contributed by atoms with Crippen molar-refractivity contribution in [1.82, 2.24) is 0 Å². The number of amides is 1. The lowest BCUT2D eigenvalue weighted by molar-refractivity contribution is -0.112. The molecular formula is C24H19ClN2O3. The molecule has 0 saturated heterocycles. The Bertz CT molecular complexity index is 1080. The van der Waals surface area contributed by atoms with Crippen LogP contribution < -0.4 is 14.8 Å². The van der Waals surface area contributed by atoms with Crippen molar-refractivity contribution in [3.05, 3.63) is 94.5 Å². The van der Waals surface area contributed by atoms with Gasteiger partial charge in [0.2, 0.25) is 0 Å². The zero-order chi connectivity index (χ0) is 21.3. The largest absolute Gasteiger partial charge is 0.497 e. The molecule has 0 bridgehead atoms. The Labute approximate surface area is 180 Å². The monoisotopic (exact) mass is 418 g/mol. The van der Waals surface area contributed by atoms with Crippen LogP contribution in [0.2, 0.25) is 5.02 Å². The van der Waals surface area contributed by atoms with E-state index in [1.807, 2.05) is 30.3 Å². The predicted octanol–water partition coefficient (Wildman–Crippen LogP) is 5.47. The van der Waals surface area contributed by atoms with Gasteiger partial charge in [-0.15, -0.1) is 0 Å². The highest BCUT2D eigenvalue weighted by Gasteiger charge is 2.10. The van der Waals surface area contributed by atoms with Crippen LogP contribution in [0.4, 0.5) is 5.69 Å². The number of carbonyl (C=O) groups excluding carboxylic acids is 1. The first-order chi connectivity index (χ1) is 14.6. The maximum Gasteiger partial charge on any atom is 0.266 e. The smallest absolute Gasteiger partial charge is 0.266 e. The van der Waals surface area contributed by atoms with E-state index in [0.29, 0.717) is 34.4 Å². The highest BCUT2D eigenvalue weighted by Crippen LogP contribution is 2.19. The molecule has 0 aliphatic rings. The third-order valence-electron chi connectivity index (χ3n) is 4.20. The standard InChI is InChI=1S/C24H19ClN2O3/c1-29-22-11-7-21(8-12-22)27-24(28)19(15-26)13-17-5-9-23(10-6-17)30-16-18-3-2-4-20(25)14-18/h2-14H,16H2,1H3,(H,27,28)/b19-13-. The first kappa shape index (κ1) is 21.0. The van der Waals surface area contributed by atoms with Gasteiger partial charge in [0.15, 0.2) is 0 Å². The van der Waals surface area contributed by atoms with Crippen LogP contribution in [0.3, 0.4) is 0 Å². The minimum absolute atomic E-state index is 0.00147. The summed E-state index contributed by atoms with van der Waals surface area (Å²) in [4.78, 5) is 12.4. The Morgan fingerprint density at radius 2 is 1.77 bits per heavy atom. The average molecular weight is 419 g/mol. The van der Waals surface area contributed by atoms with Gasteiger partial charge in [-0.05, 0) is 65.7 Å². The van der Waals surface area contributed by atoms with Crippen molar-refractivity contribution in [2.24, 2.45) is 0 Å². The summed E-state index contributed by atoms with van der Waals surface area (Å²) in [6, 6.07) is 23.4. The van der Waals surface area contributed by atoms with E-state index in [-0.39, 0.29) is 5.57 Å². The van der Waals surface area contributed by atoms with Crippen LogP contribution in [-0.4, -0.2) is 13.0 Å². The molecule has 1 N–H and O–H groups in total. The van der Waals surface area contributed by atoms with E-state index in [1.54, 1.807) is 55.6 Å². The van der Waals surface area contributed by atoms with Crippen LogP contribution in [0.1, 0.15) is 11.1 Å². The lowest BCUT2D eigenvalue weighted by atomic mass is 10.1. The summed E-state index contributed by atoms with van der Waals surface area (Å²) < 4.78 is 10.8. The molecule has 0 aliphatic carbocycles. The topological polar surface area (TPSA) is 71.3 Å². The summed E-state index contributed by atoms with van der Waals surface area (Å²) in [6.45, 7) is 0.392. The molecular weight excluding hydrogens is 400 g/mol. The van der Waals surface area contributed by atoms with Gasteiger partial charge < -0.3 is 14.8 Å². The molecule has 3 rings (SSSR count). The molecule has 1 amide bonds. The number of nitrogens with one attached hydrogen (secondary N) is 1. The zero-order valence-corrected chi connectivity index (χ0v) is 17.0. The molecule has 0 saturated carbocycles. The van der Waals surface area contributed by atoms with Gasteiger partial charge in [0.1, 0.15) is 29.7 Å². The maximum absolute atomic E-state index is 12.4. The van der Waals surface area contributed by atoms with Crippen LogP contribution in [0, 0.1) is 11.3 Å². The van der Waals surface area contributed by atoms with Crippen molar-refractivity contribution < 1.29 is 14.3 Å². The van der Waals surface area contributed by atoms with Gasteiger partial charge in [-0.25, -0.2) is 0 Å². The number of ether oxygens (including phenoxy) is 2. The second kappa shape index (κ2) is 10.1. The summed E-state index contributed by atoms with van der Waals surface area (Å²) in [7, 11) is 1.57. The molecule has 0 spiro atoms. The number of nitriles is 1. The highest BCUT2D eigenvalue weighted by molar-refractivity contribution is 6.30. The molecule has 6 heteroatoms. The normalized spacial score (nSPS) is 10.8. The van der Waals surface area contributed by atoms with E-state index in [1.165, 1.54) is 6.08 Å². The molecule has 3 aromatic carbocycles. The lowest BCUT2D eigenvalue weighted by Gasteiger charge is -2.07. The first-order valence-electron chi connectivity index (χ1n) is 9.12. The maximum atomic E-state index is 12.4. The Balaban J connectivity index is 1.63. The second-order valence-electron chi connectivity index (χ2n) is 6.34. The molecule has 0 unspecified atom stereocenters. The molecule has 5 nitrogen and oxygen atoms in total. The Kier molecular flexibility index (Phi) is 7.09. The van der Waals surface area contributed by atoms with Crippen LogP contribution in [0.15, 0.2) is 78.4 Å². The number of hydrogen-bond acceptors (Lipinski definition) is 4. The fourth-order valence-corrected chi connectivity index (χ4v) is 2.85. The second-order valence-corrected chi connectivity index (χ2v) is 6.78. The quantitative estimate of drug-likeness (QED) is 0.407. The molecule has 30 heavy (non-hydrogen) atoms. The molecule has 0 fully saturated rings. The van der Waals surface area contributed by atoms with E-state index in [2.05, 4.69) is 5.32 Å². The van der Waals surface area contributed by atoms with Crippen molar-refractivity contribution in [3.63, 3.8) is 0 Å². The van der Waals surface area contributed by atoms with Gasteiger partial charge in [-0.3, -0.25) is 4.79 Å². The number of rotatable bonds is 7. The van der Waals surface area contributed by atoms with Gasteiger partial charge in [-0.1, -0.05) is 35.9 Å². The first-order valence-corrected chi connectivity index (χ1v) is 9.49. The number of halogens is 1. The van der Waals surface area contributed by atoms with Gasteiger partial charge in [0, 0.05) is 10.7 Å². The summed E-state index contributed by atoms with van der Waals surface area (Å²) in [6.07, 6.45) is 1.53. The van der Waals surface area contributed by atoms with E-state index >= 15 is 0 Å². The Morgan fingerprint density at radius 1 is 1.07 bits per heavy atom. The van der Waals surface area contributed by atoms with Gasteiger partial charge >= 0.3 is 0 Å². The molecule has 0 aliphatic heterocycles. The van der Waals surface area contributed by atoms with Crippen molar-refractivity contribution in [3.8, 4) is 17.6 Å². The fourth-order valence-electron chi connectivity index (χ4n) is 2.64. The minimum atomic E-state index is -0.482. The molecule has 0 aromatic heterocycles. The Morgan fingerprint density at radius 3 is 2.40 bits per heavy atom. The van der Waals surface area contributed by atoms with Crippen molar-refractivity contribution in [2.75, 3.05) is 12.4 Å². The summed E-state index contributed by atoms with van der Waals surface area (Å²) >= 11 is 5.97. The van der Waals surface area contributed by atoms with E-state index in [4.69, 9.17) is 21.1 Å². The molecule has 3 aromatic rings. The van der Waals surface area contributed by atoms with Crippen LogP contribution >= 0.6 is 11.6 Å². The van der Waals surface area contributed by atoms with Gasteiger partial charge in [0.25, 0.3) is 5.91 Å². The average Bonchev–Trinajstić information content (AvgIpc) is 2.77.